The number of benzene rings is 1. The Labute approximate surface area is 122 Å². The fourth-order valence-electron chi connectivity index (χ4n) is 2.09. The van der Waals surface area contributed by atoms with Gasteiger partial charge in [0.05, 0.1) is 12.4 Å². The summed E-state index contributed by atoms with van der Waals surface area (Å²) in [5.41, 5.74) is 0. The lowest BCUT2D eigenvalue weighted by molar-refractivity contribution is 0.328. The third-order valence-electron chi connectivity index (χ3n) is 3.43. The molecule has 0 radical (unpaired) electrons. The summed E-state index contributed by atoms with van der Waals surface area (Å²) in [4.78, 5) is 1.18. The summed E-state index contributed by atoms with van der Waals surface area (Å²) in [5.74, 6) is 3.66. The highest BCUT2D eigenvalue weighted by Gasteiger charge is 2.24. The minimum atomic E-state index is 0.506. The van der Waals surface area contributed by atoms with E-state index in [2.05, 4.69) is 22.3 Å². The molecule has 0 aliphatic heterocycles. The molecule has 106 valence electrons. The molecule has 0 unspecified atom stereocenters. The molecule has 5 heteroatoms. The summed E-state index contributed by atoms with van der Waals surface area (Å²) in [6.45, 7) is 2.68. The van der Waals surface area contributed by atoms with Crippen LogP contribution in [0.1, 0.15) is 43.9 Å². The van der Waals surface area contributed by atoms with Crippen LogP contribution in [-0.2, 0) is 5.75 Å². The van der Waals surface area contributed by atoms with E-state index in [4.69, 9.17) is 9.15 Å². The van der Waals surface area contributed by atoms with Gasteiger partial charge in [-0.15, -0.1) is 22.0 Å². The Balaban J connectivity index is 1.54. The molecule has 1 fully saturated rings. The lowest BCUT2D eigenvalue weighted by Gasteiger charge is -2.20. The smallest absolute Gasteiger partial charge is 0.226 e. The zero-order valence-corrected chi connectivity index (χ0v) is 12.4. The molecule has 0 saturated heterocycles. The Kier molecular flexibility index (Phi) is 4.25. The van der Waals surface area contributed by atoms with Crippen molar-refractivity contribution < 1.29 is 9.15 Å². The first-order valence-corrected chi connectivity index (χ1v) is 8.01. The predicted octanol–water partition coefficient (Wildman–Crippen LogP) is 4.03. The summed E-state index contributed by atoms with van der Waals surface area (Å²) in [6, 6.07) is 8.08. The lowest BCUT2D eigenvalue weighted by atomic mass is 9.85. The number of rotatable bonds is 6. The van der Waals surface area contributed by atoms with Crippen LogP contribution in [0.5, 0.6) is 5.75 Å². The Hall–Kier alpha value is -1.49. The molecule has 1 aliphatic rings. The van der Waals surface area contributed by atoms with Crippen LogP contribution in [0.25, 0.3) is 0 Å². The van der Waals surface area contributed by atoms with Crippen molar-refractivity contribution in [1.82, 2.24) is 10.2 Å². The monoisotopic (exact) mass is 290 g/mol. The molecule has 0 atom stereocenters. The van der Waals surface area contributed by atoms with Gasteiger partial charge >= 0.3 is 0 Å². The second-order valence-corrected chi connectivity index (χ2v) is 5.90. The van der Waals surface area contributed by atoms with Crippen molar-refractivity contribution in [2.45, 2.75) is 42.8 Å². The highest BCUT2D eigenvalue weighted by atomic mass is 32.2. The quantitative estimate of drug-likeness (QED) is 0.752. The van der Waals surface area contributed by atoms with Gasteiger partial charge in [0.2, 0.25) is 11.8 Å². The van der Waals surface area contributed by atoms with E-state index in [0.717, 1.165) is 11.6 Å². The van der Waals surface area contributed by atoms with E-state index in [-0.39, 0.29) is 0 Å². The van der Waals surface area contributed by atoms with Crippen LogP contribution in [0.4, 0.5) is 0 Å². The van der Waals surface area contributed by atoms with E-state index >= 15 is 0 Å². The van der Waals surface area contributed by atoms with Crippen LogP contribution in [0, 0.1) is 0 Å². The maximum absolute atomic E-state index is 5.70. The fraction of sp³-hybridized carbons (Fsp3) is 0.467. The molecule has 2 aromatic rings. The number of aromatic nitrogens is 2. The van der Waals surface area contributed by atoms with Crippen LogP contribution in [0.2, 0.25) is 0 Å². The molecule has 20 heavy (non-hydrogen) atoms. The van der Waals surface area contributed by atoms with Crippen molar-refractivity contribution >= 4 is 11.8 Å². The van der Waals surface area contributed by atoms with Crippen molar-refractivity contribution in [2.24, 2.45) is 0 Å². The summed E-state index contributed by atoms with van der Waals surface area (Å²) in [7, 11) is 0. The Morgan fingerprint density at radius 3 is 2.70 bits per heavy atom. The van der Waals surface area contributed by atoms with Gasteiger partial charge < -0.3 is 9.15 Å². The number of thioether (sulfide) groups is 1. The fourth-order valence-corrected chi connectivity index (χ4v) is 2.82. The first-order valence-electron chi connectivity index (χ1n) is 7.03. The van der Waals surface area contributed by atoms with E-state index in [9.17, 15) is 0 Å². The average Bonchev–Trinajstić information content (AvgIpc) is 2.85. The predicted molar refractivity (Wildman–Crippen MR) is 78.1 cm³/mol. The molecule has 1 saturated carbocycles. The van der Waals surface area contributed by atoms with Gasteiger partial charge in [0.15, 0.2) is 0 Å². The van der Waals surface area contributed by atoms with E-state index in [1.54, 1.807) is 11.8 Å². The second kappa shape index (κ2) is 6.31. The molecule has 0 amide bonds. The number of ether oxygens (including phenoxy) is 1. The highest BCUT2D eigenvalue weighted by Crippen LogP contribution is 2.35. The van der Waals surface area contributed by atoms with E-state index in [0.29, 0.717) is 24.2 Å². The van der Waals surface area contributed by atoms with Gasteiger partial charge in [0.25, 0.3) is 0 Å². The summed E-state index contributed by atoms with van der Waals surface area (Å²) in [5, 5.41) is 8.26. The Morgan fingerprint density at radius 2 is 2.05 bits per heavy atom. The molecule has 1 aromatic heterocycles. The summed E-state index contributed by atoms with van der Waals surface area (Å²) < 4.78 is 11.1. The highest BCUT2D eigenvalue weighted by molar-refractivity contribution is 7.98. The van der Waals surface area contributed by atoms with Gasteiger partial charge in [0, 0.05) is 10.8 Å². The SMILES string of the molecule is CCOc1ccc(SCc2nnc(C3CCC3)o2)cc1. The summed E-state index contributed by atoms with van der Waals surface area (Å²) >= 11 is 1.70. The second-order valence-electron chi connectivity index (χ2n) is 4.85. The molecule has 1 aromatic carbocycles. The first-order chi connectivity index (χ1) is 9.85. The van der Waals surface area contributed by atoms with Crippen LogP contribution >= 0.6 is 11.8 Å². The van der Waals surface area contributed by atoms with Crippen molar-refractivity contribution in [2.75, 3.05) is 6.61 Å². The molecule has 3 rings (SSSR count). The number of hydrogen-bond donors (Lipinski definition) is 0. The van der Waals surface area contributed by atoms with Crippen LogP contribution in [0.15, 0.2) is 33.6 Å². The van der Waals surface area contributed by atoms with Crippen LogP contribution in [-0.4, -0.2) is 16.8 Å². The molecular weight excluding hydrogens is 272 g/mol. The van der Waals surface area contributed by atoms with E-state index in [1.165, 1.54) is 24.2 Å². The number of nitrogens with zero attached hydrogens (tertiary/aromatic N) is 2. The van der Waals surface area contributed by atoms with Crippen molar-refractivity contribution in [3.63, 3.8) is 0 Å². The Bertz CT molecular complexity index is 549. The zero-order chi connectivity index (χ0) is 13.8. The molecule has 1 aliphatic carbocycles. The summed E-state index contributed by atoms with van der Waals surface area (Å²) in [6.07, 6.45) is 3.66. The molecular formula is C15H18N2O2S. The van der Waals surface area contributed by atoms with E-state index in [1.807, 2.05) is 19.1 Å². The van der Waals surface area contributed by atoms with Crippen molar-refractivity contribution in [3.8, 4) is 5.75 Å². The van der Waals surface area contributed by atoms with E-state index < -0.39 is 0 Å². The third kappa shape index (κ3) is 3.15. The van der Waals surface area contributed by atoms with Gasteiger partial charge in [0.1, 0.15) is 5.75 Å². The molecule has 0 N–H and O–H groups in total. The molecule has 0 spiro atoms. The van der Waals surface area contributed by atoms with Crippen molar-refractivity contribution in [1.29, 1.82) is 0 Å². The maximum Gasteiger partial charge on any atom is 0.226 e. The van der Waals surface area contributed by atoms with Gasteiger partial charge in [-0.2, -0.15) is 0 Å². The average molecular weight is 290 g/mol. The third-order valence-corrected chi connectivity index (χ3v) is 4.43. The van der Waals surface area contributed by atoms with Crippen LogP contribution < -0.4 is 4.74 Å². The largest absolute Gasteiger partial charge is 0.494 e. The van der Waals surface area contributed by atoms with Crippen LogP contribution in [0.3, 0.4) is 0 Å². The topological polar surface area (TPSA) is 48.2 Å². The maximum atomic E-state index is 5.70. The number of hydrogen-bond acceptors (Lipinski definition) is 5. The molecule has 4 nitrogen and oxygen atoms in total. The van der Waals surface area contributed by atoms with Gasteiger partial charge in [-0.1, -0.05) is 6.42 Å². The molecule has 0 bridgehead atoms. The standard InChI is InChI=1S/C15H18N2O2S/c1-2-18-12-6-8-13(9-7-12)20-10-14-16-17-15(19-14)11-4-3-5-11/h6-9,11H,2-5,10H2,1H3. The van der Waals surface area contributed by atoms with Gasteiger partial charge in [-0.25, -0.2) is 0 Å². The minimum Gasteiger partial charge on any atom is -0.494 e. The normalized spacial score (nSPS) is 15.1. The Morgan fingerprint density at radius 1 is 1.25 bits per heavy atom. The minimum absolute atomic E-state index is 0.506. The zero-order valence-electron chi connectivity index (χ0n) is 11.5. The van der Waals surface area contributed by atoms with Gasteiger partial charge in [-0.3, -0.25) is 0 Å². The molecule has 1 heterocycles. The van der Waals surface area contributed by atoms with Gasteiger partial charge in [-0.05, 0) is 44.0 Å². The first kappa shape index (κ1) is 13.5. The lowest BCUT2D eigenvalue weighted by Crippen LogP contribution is -2.08. The van der Waals surface area contributed by atoms with Crippen molar-refractivity contribution in [3.05, 3.63) is 36.0 Å².